The molecule has 0 aromatic carbocycles. The molecule has 3 atom stereocenters. The number of hydrogen-bond acceptors (Lipinski definition) is 3. The lowest BCUT2D eigenvalue weighted by molar-refractivity contribution is -0.0479. The van der Waals surface area contributed by atoms with Crippen molar-refractivity contribution in [1.82, 2.24) is 0 Å². The Labute approximate surface area is 78.5 Å². The number of ether oxygens (including phenoxy) is 1. The highest BCUT2D eigenvalue weighted by Gasteiger charge is 2.28. The molecule has 1 saturated heterocycles. The lowest BCUT2D eigenvalue weighted by Gasteiger charge is -2.31. The van der Waals surface area contributed by atoms with Crippen LogP contribution in [0.4, 0.5) is 3.89 Å². The van der Waals surface area contributed by atoms with E-state index < -0.39 is 10.2 Å². The quantitative estimate of drug-likeness (QED) is 0.648. The van der Waals surface area contributed by atoms with Crippen LogP contribution in [0.2, 0.25) is 0 Å². The molecular weight excluding hydrogens is 195 g/mol. The zero-order valence-corrected chi connectivity index (χ0v) is 8.68. The van der Waals surface area contributed by atoms with Crippen LogP contribution < -0.4 is 0 Å². The minimum Gasteiger partial charge on any atom is -0.376 e. The van der Waals surface area contributed by atoms with Crippen LogP contribution in [0, 0.1) is 5.92 Å². The van der Waals surface area contributed by atoms with Gasteiger partial charge in [0.25, 0.3) is 0 Å². The third-order valence-corrected chi connectivity index (χ3v) is 3.10. The Kier molecular flexibility index (Phi) is 3.29. The monoisotopic (exact) mass is 210 g/mol. The maximum atomic E-state index is 12.4. The summed E-state index contributed by atoms with van der Waals surface area (Å²) < 4.78 is 38.6. The normalized spacial score (nSPS) is 36.1. The molecule has 0 aromatic rings. The van der Waals surface area contributed by atoms with Gasteiger partial charge in [0.2, 0.25) is 0 Å². The van der Waals surface area contributed by atoms with Crippen molar-refractivity contribution >= 4 is 10.2 Å². The summed E-state index contributed by atoms with van der Waals surface area (Å²) >= 11 is 0. The topological polar surface area (TPSA) is 43.4 Å². The van der Waals surface area contributed by atoms with Gasteiger partial charge in [0.15, 0.2) is 0 Å². The molecule has 1 unspecified atom stereocenters. The van der Waals surface area contributed by atoms with Crippen LogP contribution in [0.15, 0.2) is 0 Å². The van der Waals surface area contributed by atoms with E-state index in [2.05, 4.69) is 0 Å². The fourth-order valence-electron chi connectivity index (χ4n) is 1.96. The zero-order chi connectivity index (χ0) is 10.1. The third-order valence-electron chi connectivity index (χ3n) is 2.23. The summed E-state index contributed by atoms with van der Waals surface area (Å²) in [7, 11) is -4.33. The molecule has 1 aliphatic heterocycles. The molecule has 0 spiro atoms. The Morgan fingerprint density at radius 1 is 1.31 bits per heavy atom. The first-order valence-electron chi connectivity index (χ1n) is 4.44. The molecule has 78 valence electrons. The van der Waals surface area contributed by atoms with E-state index in [9.17, 15) is 12.3 Å². The zero-order valence-electron chi connectivity index (χ0n) is 7.86. The van der Waals surface area contributed by atoms with Crippen LogP contribution in [-0.2, 0) is 15.0 Å². The van der Waals surface area contributed by atoms with E-state index in [1.54, 1.807) is 0 Å². The number of hydrogen-bond donors (Lipinski definition) is 0. The van der Waals surface area contributed by atoms with E-state index >= 15 is 0 Å². The van der Waals surface area contributed by atoms with Crippen molar-refractivity contribution in [3.63, 3.8) is 0 Å². The Hall–Kier alpha value is -0.160. The molecule has 5 heteroatoms. The highest BCUT2D eigenvalue weighted by molar-refractivity contribution is 7.86. The molecule has 1 fully saturated rings. The smallest absolute Gasteiger partial charge is 0.302 e. The Bertz CT molecular complexity index is 253. The predicted molar refractivity (Wildman–Crippen MR) is 47.6 cm³/mol. The summed E-state index contributed by atoms with van der Waals surface area (Å²) in [5.41, 5.74) is 0. The van der Waals surface area contributed by atoms with Gasteiger partial charge in [0.05, 0.1) is 18.0 Å². The molecule has 0 aromatic heterocycles. The summed E-state index contributed by atoms with van der Waals surface area (Å²) in [6.45, 7) is 3.76. The van der Waals surface area contributed by atoms with E-state index in [0.29, 0.717) is 12.8 Å². The lowest BCUT2D eigenvalue weighted by Crippen LogP contribution is -2.32. The van der Waals surface area contributed by atoms with E-state index in [1.165, 1.54) is 0 Å². The van der Waals surface area contributed by atoms with Crippen LogP contribution in [0.5, 0.6) is 0 Å². The minimum atomic E-state index is -4.33. The van der Waals surface area contributed by atoms with Gasteiger partial charge >= 0.3 is 10.2 Å². The highest BCUT2D eigenvalue weighted by atomic mass is 32.3. The van der Waals surface area contributed by atoms with Crippen molar-refractivity contribution in [2.45, 2.75) is 38.9 Å². The second-order valence-corrected chi connectivity index (χ2v) is 5.21. The Morgan fingerprint density at radius 2 is 1.77 bits per heavy atom. The number of rotatable bonds is 2. The van der Waals surface area contributed by atoms with Gasteiger partial charge in [0.1, 0.15) is 0 Å². The molecule has 3 nitrogen and oxygen atoms in total. The van der Waals surface area contributed by atoms with E-state index in [0.717, 1.165) is 0 Å². The Balaban J connectivity index is 2.51. The van der Waals surface area contributed by atoms with E-state index in [4.69, 9.17) is 4.74 Å². The average Bonchev–Trinajstić information content (AvgIpc) is 1.78. The molecule has 1 rings (SSSR count). The molecule has 0 N–H and O–H groups in total. The van der Waals surface area contributed by atoms with Gasteiger partial charge in [-0.3, -0.25) is 0 Å². The number of halogens is 1. The van der Waals surface area contributed by atoms with E-state index in [1.807, 2.05) is 13.8 Å². The highest BCUT2D eigenvalue weighted by Crippen LogP contribution is 2.26. The Morgan fingerprint density at radius 3 is 2.15 bits per heavy atom. The molecule has 1 heterocycles. The molecule has 0 radical (unpaired) electrons. The van der Waals surface area contributed by atoms with Crippen molar-refractivity contribution in [2.75, 3.05) is 5.75 Å². The molecule has 0 bridgehead atoms. The van der Waals surface area contributed by atoms with Gasteiger partial charge in [-0.15, -0.1) is 3.89 Å². The van der Waals surface area contributed by atoms with Gasteiger partial charge in [-0.1, -0.05) is 0 Å². The predicted octanol–water partition coefficient (Wildman–Crippen LogP) is 1.49. The van der Waals surface area contributed by atoms with Gasteiger partial charge in [-0.25, -0.2) is 0 Å². The van der Waals surface area contributed by atoms with Crippen molar-refractivity contribution in [2.24, 2.45) is 5.92 Å². The van der Waals surface area contributed by atoms with Crippen LogP contribution >= 0.6 is 0 Å². The maximum absolute atomic E-state index is 12.4. The first-order valence-corrected chi connectivity index (χ1v) is 6.00. The maximum Gasteiger partial charge on any atom is 0.302 e. The van der Waals surface area contributed by atoms with E-state index in [-0.39, 0.29) is 23.9 Å². The van der Waals surface area contributed by atoms with Gasteiger partial charge in [-0.2, -0.15) is 8.42 Å². The van der Waals surface area contributed by atoms with Crippen molar-refractivity contribution < 1.29 is 17.0 Å². The van der Waals surface area contributed by atoms with Crippen LogP contribution in [0.1, 0.15) is 26.7 Å². The van der Waals surface area contributed by atoms with Gasteiger partial charge < -0.3 is 4.74 Å². The largest absolute Gasteiger partial charge is 0.376 e. The molecule has 1 aliphatic rings. The summed E-state index contributed by atoms with van der Waals surface area (Å²) in [5.74, 6) is -0.445. The van der Waals surface area contributed by atoms with Crippen molar-refractivity contribution in [3.05, 3.63) is 0 Å². The summed E-state index contributed by atoms with van der Waals surface area (Å²) in [6.07, 6.45) is 1.34. The molecule has 0 aliphatic carbocycles. The van der Waals surface area contributed by atoms with Crippen molar-refractivity contribution in [3.8, 4) is 0 Å². The summed E-state index contributed by atoms with van der Waals surface area (Å²) in [4.78, 5) is 0. The lowest BCUT2D eigenvalue weighted by atomic mass is 9.94. The standard InChI is InChI=1S/C8H15FO3S/c1-6-3-8(4-7(2)12-6)5-13(9,10)11/h6-8H,3-5H2,1-2H3/t6-,7+,8?. The fourth-order valence-corrected chi connectivity index (χ4v) is 2.80. The SMILES string of the molecule is C[C@@H]1CC(CS(=O)(=O)F)C[C@H](C)O1. The summed E-state index contributed by atoms with van der Waals surface area (Å²) in [5, 5.41) is 0. The first-order chi connectivity index (χ1) is 5.87. The summed E-state index contributed by atoms with van der Waals surface area (Å²) in [6, 6.07) is 0. The van der Waals surface area contributed by atoms with Crippen LogP contribution in [-0.4, -0.2) is 26.4 Å². The molecule has 0 amide bonds. The van der Waals surface area contributed by atoms with Gasteiger partial charge in [0, 0.05) is 0 Å². The van der Waals surface area contributed by atoms with Crippen LogP contribution in [0.3, 0.4) is 0 Å². The molecule has 13 heavy (non-hydrogen) atoms. The minimum absolute atomic E-state index is 0.0375. The fraction of sp³-hybridized carbons (Fsp3) is 1.00. The molecule has 0 saturated carbocycles. The third kappa shape index (κ3) is 4.04. The average molecular weight is 210 g/mol. The second kappa shape index (κ2) is 3.92. The molecular formula is C8H15FO3S. The van der Waals surface area contributed by atoms with Crippen LogP contribution in [0.25, 0.3) is 0 Å². The second-order valence-electron chi connectivity index (χ2n) is 3.80. The first kappa shape index (κ1) is 10.9. The van der Waals surface area contributed by atoms with Crippen molar-refractivity contribution in [1.29, 1.82) is 0 Å². The van der Waals surface area contributed by atoms with Gasteiger partial charge in [-0.05, 0) is 32.6 Å².